The summed E-state index contributed by atoms with van der Waals surface area (Å²) in [5.74, 6) is -1.14. The fraction of sp³-hybridized carbons (Fsp3) is 0.0833. The van der Waals surface area contributed by atoms with Crippen molar-refractivity contribution >= 4 is 29.2 Å². The Bertz CT molecular complexity index is 698. The third kappa shape index (κ3) is 3.13. The Balaban J connectivity index is 2.48. The summed E-state index contributed by atoms with van der Waals surface area (Å²) >= 11 is 11.7. The van der Waals surface area contributed by atoms with Crippen molar-refractivity contribution in [3.8, 4) is 11.3 Å². The lowest BCUT2D eigenvalue weighted by atomic mass is 10.1. The van der Waals surface area contributed by atoms with Crippen molar-refractivity contribution in [2.45, 2.75) is 6.54 Å². The third-order valence-corrected chi connectivity index (χ3v) is 3.11. The van der Waals surface area contributed by atoms with Crippen molar-refractivity contribution in [2.75, 3.05) is 0 Å². The monoisotopic (exact) mass is 298 g/mol. The maximum Gasteiger partial charge on any atom is 0.325 e. The van der Waals surface area contributed by atoms with Gasteiger partial charge in [0.05, 0.1) is 15.7 Å². The summed E-state index contributed by atoms with van der Waals surface area (Å²) in [4.78, 5) is 22.1. The van der Waals surface area contributed by atoms with Crippen LogP contribution < -0.4 is 5.56 Å². The lowest BCUT2D eigenvalue weighted by Gasteiger charge is -2.05. The first-order valence-corrected chi connectivity index (χ1v) is 5.98. The van der Waals surface area contributed by atoms with Crippen LogP contribution in [-0.2, 0) is 11.3 Å². The minimum atomic E-state index is -1.14. The lowest BCUT2D eigenvalue weighted by Crippen LogP contribution is -2.26. The fourth-order valence-corrected chi connectivity index (χ4v) is 1.80. The zero-order valence-corrected chi connectivity index (χ0v) is 11.0. The van der Waals surface area contributed by atoms with E-state index in [-0.39, 0.29) is 0 Å². The average molecular weight is 299 g/mol. The zero-order valence-electron chi connectivity index (χ0n) is 9.51. The molecule has 98 valence electrons. The molecule has 2 rings (SSSR count). The van der Waals surface area contributed by atoms with E-state index in [1.54, 1.807) is 18.2 Å². The number of aromatic nitrogens is 2. The number of hydrogen-bond donors (Lipinski definition) is 1. The molecule has 0 amide bonds. The maximum atomic E-state index is 11.4. The van der Waals surface area contributed by atoms with Crippen molar-refractivity contribution in [1.82, 2.24) is 9.78 Å². The second kappa shape index (κ2) is 5.42. The van der Waals surface area contributed by atoms with Crippen LogP contribution in [0.5, 0.6) is 0 Å². The van der Waals surface area contributed by atoms with Crippen LogP contribution in [0, 0.1) is 0 Å². The summed E-state index contributed by atoms with van der Waals surface area (Å²) < 4.78 is 0.875. The number of benzene rings is 1. The number of rotatable bonds is 3. The molecule has 1 aromatic carbocycles. The highest BCUT2D eigenvalue weighted by molar-refractivity contribution is 6.42. The first-order valence-electron chi connectivity index (χ1n) is 5.23. The number of hydrogen-bond acceptors (Lipinski definition) is 3. The van der Waals surface area contributed by atoms with Crippen molar-refractivity contribution in [3.63, 3.8) is 0 Å². The van der Waals surface area contributed by atoms with E-state index in [4.69, 9.17) is 28.3 Å². The third-order valence-electron chi connectivity index (χ3n) is 2.37. The van der Waals surface area contributed by atoms with E-state index in [0.717, 1.165) is 4.68 Å². The van der Waals surface area contributed by atoms with E-state index in [2.05, 4.69) is 5.10 Å². The van der Waals surface area contributed by atoms with E-state index >= 15 is 0 Å². The van der Waals surface area contributed by atoms with E-state index < -0.39 is 18.1 Å². The van der Waals surface area contributed by atoms with Gasteiger partial charge >= 0.3 is 5.97 Å². The van der Waals surface area contributed by atoms with Gasteiger partial charge in [-0.2, -0.15) is 5.10 Å². The molecule has 0 aliphatic rings. The predicted molar refractivity (Wildman–Crippen MR) is 71.6 cm³/mol. The highest BCUT2D eigenvalue weighted by Crippen LogP contribution is 2.26. The second-order valence-corrected chi connectivity index (χ2v) is 4.55. The van der Waals surface area contributed by atoms with Crippen LogP contribution in [0.2, 0.25) is 10.0 Å². The van der Waals surface area contributed by atoms with Crippen LogP contribution in [0.4, 0.5) is 0 Å². The van der Waals surface area contributed by atoms with Gasteiger partial charge in [-0.15, -0.1) is 0 Å². The van der Waals surface area contributed by atoms with Gasteiger partial charge in [0.1, 0.15) is 6.54 Å². The summed E-state index contributed by atoms with van der Waals surface area (Å²) in [7, 11) is 0. The number of carbonyl (C=O) groups is 1. The summed E-state index contributed by atoms with van der Waals surface area (Å²) in [5, 5.41) is 13.4. The molecule has 1 N–H and O–H groups in total. The average Bonchev–Trinajstić information content (AvgIpc) is 2.35. The molecule has 0 atom stereocenters. The Kier molecular flexibility index (Phi) is 3.87. The highest BCUT2D eigenvalue weighted by Gasteiger charge is 2.08. The molecule has 2 aromatic rings. The molecule has 0 saturated heterocycles. The molecule has 5 nitrogen and oxygen atoms in total. The van der Waals surface area contributed by atoms with E-state index in [9.17, 15) is 9.59 Å². The van der Waals surface area contributed by atoms with Crippen LogP contribution in [0.15, 0.2) is 35.1 Å². The van der Waals surface area contributed by atoms with Gasteiger partial charge in [-0.3, -0.25) is 9.59 Å². The van der Waals surface area contributed by atoms with Gasteiger partial charge in [-0.25, -0.2) is 4.68 Å². The molecule has 0 aliphatic heterocycles. The molecule has 19 heavy (non-hydrogen) atoms. The Hall–Kier alpha value is -1.85. The van der Waals surface area contributed by atoms with Crippen molar-refractivity contribution < 1.29 is 9.90 Å². The van der Waals surface area contributed by atoms with E-state index in [0.29, 0.717) is 21.3 Å². The molecule has 0 aliphatic carbocycles. The van der Waals surface area contributed by atoms with Crippen LogP contribution in [0.1, 0.15) is 0 Å². The van der Waals surface area contributed by atoms with Crippen molar-refractivity contribution in [2.24, 2.45) is 0 Å². The Labute approximate surface area is 118 Å². The van der Waals surface area contributed by atoms with Crippen LogP contribution in [0.25, 0.3) is 11.3 Å². The number of carboxylic acids is 1. The molecule has 0 radical (unpaired) electrons. The molecule has 0 saturated carbocycles. The molecule has 0 fully saturated rings. The predicted octanol–water partition coefficient (Wildman–Crippen LogP) is 2.30. The summed E-state index contributed by atoms with van der Waals surface area (Å²) in [6.07, 6.45) is 0. The minimum absolute atomic E-state index is 0.358. The summed E-state index contributed by atoms with van der Waals surface area (Å²) in [5.41, 5.74) is 0.610. The van der Waals surface area contributed by atoms with Gasteiger partial charge in [0.2, 0.25) is 0 Å². The number of nitrogens with zero attached hydrogens (tertiary/aromatic N) is 2. The largest absolute Gasteiger partial charge is 0.480 e. The topological polar surface area (TPSA) is 72.2 Å². The van der Waals surface area contributed by atoms with Gasteiger partial charge in [0.15, 0.2) is 0 Å². The van der Waals surface area contributed by atoms with Crippen LogP contribution >= 0.6 is 23.2 Å². The number of halogens is 2. The summed E-state index contributed by atoms with van der Waals surface area (Å²) in [6, 6.07) is 7.65. The molecular formula is C12H8Cl2N2O3. The van der Waals surface area contributed by atoms with Crippen LogP contribution in [-0.4, -0.2) is 20.9 Å². The Morgan fingerprint density at radius 1 is 1.21 bits per heavy atom. The van der Waals surface area contributed by atoms with Gasteiger partial charge in [0, 0.05) is 11.6 Å². The highest BCUT2D eigenvalue weighted by atomic mass is 35.5. The molecule has 1 heterocycles. The van der Waals surface area contributed by atoms with E-state index in [1.165, 1.54) is 12.1 Å². The normalized spacial score (nSPS) is 10.4. The molecule has 0 bridgehead atoms. The quantitative estimate of drug-likeness (QED) is 0.944. The van der Waals surface area contributed by atoms with Gasteiger partial charge < -0.3 is 5.11 Å². The first kappa shape index (κ1) is 13.6. The van der Waals surface area contributed by atoms with Crippen molar-refractivity contribution in [1.29, 1.82) is 0 Å². The van der Waals surface area contributed by atoms with Gasteiger partial charge in [-0.05, 0) is 18.2 Å². The molecular weight excluding hydrogens is 291 g/mol. The fourth-order valence-electron chi connectivity index (χ4n) is 1.50. The van der Waals surface area contributed by atoms with Gasteiger partial charge in [-0.1, -0.05) is 29.3 Å². The smallest absolute Gasteiger partial charge is 0.325 e. The molecule has 0 unspecified atom stereocenters. The van der Waals surface area contributed by atoms with Gasteiger partial charge in [0.25, 0.3) is 5.56 Å². The van der Waals surface area contributed by atoms with E-state index in [1.807, 2.05) is 0 Å². The number of carboxylic acid groups (broad SMARTS) is 1. The zero-order chi connectivity index (χ0) is 14.0. The SMILES string of the molecule is O=C(O)Cn1nc(-c2ccc(Cl)c(Cl)c2)ccc1=O. The molecule has 1 aromatic heterocycles. The second-order valence-electron chi connectivity index (χ2n) is 3.74. The van der Waals surface area contributed by atoms with Crippen LogP contribution in [0.3, 0.4) is 0 Å². The standard InChI is InChI=1S/C12H8Cl2N2O3/c13-8-2-1-7(5-9(8)14)10-3-4-11(17)16(15-10)6-12(18)19/h1-5H,6H2,(H,18,19). The Morgan fingerprint density at radius 3 is 2.58 bits per heavy atom. The maximum absolute atomic E-state index is 11.4. The minimum Gasteiger partial charge on any atom is -0.480 e. The number of aliphatic carboxylic acids is 1. The molecule has 0 spiro atoms. The first-order chi connectivity index (χ1) is 8.97. The lowest BCUT2D eigenvalue weighted by molar-refractivity contribution is -0.138. The summed E-state index contributed by atoms with van der Waals surface area (Å²) in [6.45, 7) is -0.492. The molecule has 7 heteroatoms. The van der Waals surface area contributed by atoms with Crippen molar-refractivity contribution in [3.05, 3.63) is 50.7 Å². The Morgan fingerprint density at radius 2 is 1.95 bits per heavy atom.